The second-order valence-corrected chi connectivity index (χ2v) is 5.23. The van der Waals surface area contributed by atoms with Crippen LogP contribution in [0.1, 0.15) is 19.3 Å². The zero-order valence-corrected chi connectivity index (χ0v) is 11.8. The van der Waals surface area contributed by atoms with Gasteiger partial charge in [-0.1, -0.05) is 11.6 Å². The first-order valence-electron chi connectivity index (χ1n) is 6.46. The summed E-state index contributed by atoms with van der Waals surface area (Å²) >= 11 is 5.91. The predicted octanol–water partition coefficient (Wildman–Crippen LogP) is 3.06. The maximum atomic E-state index is 12.3. The lowest BCUT2D eigenvalue weighted by atomic mass is 10.1. The number of alkyl halides is 3. The summed E-state index contributed by atoms with van der Waals surface area (Å²) in [6.45, 7) is 0.451. The molecule has 21 heavy (non-hydrogen) atoms. The Balaban J connectivity index is 1.95. The van der Waals surface area contributed by atoms with Gasteiger partial charge >= 0.3 is 6.18 Å². The van der Waals surface area contributed by atoms with Crippen molar-refractivity contribution < 1.29 is 22.7 Å². The summed E-state index contributed by atoms with van der Waals surface area (Å²) < 4.78 is 42.4. The van der Waals surface area contributed by atoms with Crippen molar-refractivity contribution in [1.82, 2.24) is 9.88 Å². The minimum atomic E-state index is -4.49. The largest absolute Gasteiger partial charge is 0.487 e. The molecule has 0 spiro atoms. The highest BCUT2D eigenvalue weighted by Gasteiger charge is 2.35. The second-order valence-electron chi connectivity index (χ2n) is 4.82. The summed E-state index contributed by atoms with van der Waals surface area (Å²) in [6, 6.07) is 1.58. The highest BCUT2D eigenvalue weighted by atomic mass is 35.5. The molecule has 0 aliphatic carbocycles. The van der Waals surface area contributed by atoms with E-state index in [1.807, 2.05) is 0 Å². The molecule has 2 rings (SSSR count). The normalized spacial score (nSPS) is 19.4. The number of nitrogens with zero attached hydrogens (tertiary/aromatic N) is 2. The number of carbonyl (C=O) groups excluding carboxylic acids is 1. The molecule has 1 aliphatic heterocycles. The van der Waals surface area contributed by atoms with E-state index >= 15 is 0 Å². The van der Waals surface area contributed by atoms with E-state index in [4.69, 9.17) is 16.3 Å². The molecule has 1 atom stereocenters. The number of piperidine rings is 1. The van der Waals surface area contributed by atoms with Crippen LogP contribution in [-0.2, 0) is 4.79 Å². The van der Waals surface area contributed by atoms with Crippen LogP contribution in [0.2, 0.25) is 5.02 Å². The number of pyridine rings is 1. The Morgan fingerprint density at radius 1 is 1.52 bits per heavy atom. The van der Waals surface area contributed by atoms with Crippen LogP contribution in [0.5, 0.6) is 5.75 Å². The number of halogens is 4. The molecule has 4 nitrogen and oxygen atoms in total. The van der Waals surface area contributed by atoms with Gasteiger partial charge in [0.2, 0.25) is 5.91 Å². The summed E-state index contributed by atoms with van der Waals surface area (Å²) in [7, 11) is 0. The molecule has 1 aromatic rings. The van der Waals surface area contributed by atoms with Gasteiger partial charge in [0.1, 0.15) is 23.3 Å². The van der Waals surface area contributed by atoms with Gasteiger partial charge in [-0.3, -0.25) is 9.78 Å². The molecule has 1 unspecified atom stereocenters. The molecular weight excluding hydrogens is 309 g/mol. The number of ether oxygens (including phenoxy) is 1. The van der Waals surface area contributed by atoms with Crippen molar-refractivity contribution in [1.29, 1.82) is 0 Å². The Morgan fingerprint density at radius 3 is 2.95 bits per heavy atom. The minimum absolute atomic E-state index is 0.133. The van der Waals surface area contributed by atoms with Crippen molar-refractivity contribution in [3.05, 3.63) is 23.5 Å². The van der Waals surface area contributed by atoms with E-state index in [1.165, 1.54) is 17.3 Å². The molecule has 1 fully saturated rings. The van der Waals surface area contributed by atoms with Crippen LogP contribution in [-0.4, -0.2) is 41.2 Å². The number of rotatable bonds is 3. The molecule has 0 bridgehead atoms. The number of hydrogen-bond donors (Lipinski definition) is 0. The van der Waals surface area contributed by atoms with Crippen LogP contribution in [0, 0.1) is 0 Å². The molecule has 1 amide bonds. The standard InChI is InChI=1S/C13H14ClF3N2O2/c14-10-7-18-4-3-11(10)21-9-2-1-5-19(8-9)12(20)6-13(15,16)17/h3-4,7,9H,1-2,5-6,8H2. The van der Waals surface area contributed by atoms with Crippen LogP contribution >= 0.6 is 11.6 Å². The minimum Gasteiger partial charge on any atom is -0.487 e. The highest BCUT2D eigenvalue weighted by molar-refractivity contribution is 6.31. The van der Waals surface area contributed by atoms with Crippen molar-refractivity contribution in [2.45, 2.75) is 31.5 Å². The van der Waals surface area contributed by atoms with Gasteiger partial charge in [0, 0.05) is 25.0 Å². The number of aromatic nitrogens is 1. The fraction of sp³-hybridized carbons (Fsp3) is 0.538. The molecular formula is C13H14ClF3N2O2. The van der Waals surface area contributed by atoms with E-state index in [2.05, 4.69) is 4.98 Å². The predicted molar refractivity (Wildman–Crippen MR) is 70.1 cm³/mol. The third-order valence-corrected chi connectivity index (χ3v) is 3.40. The van der Waals surface area contributed by atoms with Crippen molar-refractivity contribution in [3.8, 4) is 5.75 Å². The fourth-order valence-corrected chi connectivity index (χ4v) is 2.35. The average molecular weight is 323 g/mol. The molecule has 116 valence electrons. The van der Waals surface area contributed by atoms with E-state index in [0.29, 0.717) is 30.2 Å². The molecule has 8 heteroatoms. The van der Waals surface area contributed by atoms with Crippen LogP contribution in [0.25, 0.3) is 0 Å². The van der Waals surface area contributed by atoms with Crippen LogP contribution in [0.4, 0.5) is 13.2 Å². The summed E-state index contributed by atoms with van der Waals surface area (Å²) in [5.41, 5.74) is 0. The zero-order chi connectivity index (χ0) is 15.5. The van der Waals surface area contributed by atoms with Gasteiger partial charge in [-0.25, -0.2) is 0 Å². The number of hydrogen-bond acceptors (Lipinski definition) is 3. The summed E-state index contributed by atoms with van der Waals surface area (Å²) in [4.78, 5) is 16.6. The molecule has 0 radical (unpaired) electrons. The lowest BCUT2D eigenvalue weighted by Crippen LogP contribution is -2.45. The number of likely N-dealkylation sites (tertiary alicyclic amines) is 1. The molecule has 0 saturated carbocycles. The van der Waals surface area contributed by atoms with Gasteiger partial charge in [-0.2, -0.15) is 13.2 Å². The molecule has 0 N–H and O–H groups in total. The first-order valence-corrected chi connectivity index (χ1v) is 6.83. The number of amides is 1. The quantitative estimate of drug-likeness (QED) is 0.859. The van der Waals surface area contributed by atoms with Crippen LogP contribution < -0.4 is 4.74 Å². The van der Waals surface area contributed by atoms with Gasteiger partial charge < -0.3 is 9.64 Å². The monoisotopic (exact) mass is 322 g/mol. The zero-order valence-electron chi connectivity index (χ0n) is 11.1. The van der Waals surface area contributed by atoms with Crippen LogP contribution in [0.15, 0.2) is 18.5 Å². The van der Waals surface area contributed by atoms with Gasteiger partial charge in [0.15, 0.2) is 0 Å². The lowest BCUT2D eigenvalue weighted by molar-refractivity contribution is -0.163. The van der Waals surface area contributed by atoms with E-state index in [0.717, 1.165) is 0 Å². The maximum Gasteiger partial charge on any atom is 0.397 e. The van der Waals surface area contributed by atoms with Crippen molar-refractivity contribution in [2.75, 3.05) is 13.1 Å². The average Bonchev–Trinajstić information content (AvgIpc) is 2.40. The molecule has 1 aromatic heterocycles. The first kappa shape index (κ1) is 15.9. The Bertz CT molecular complexity index is 510. The van der Waals surface area contributed by atoms with Gasteiger partial charge in [0.05, 0.1) is 6.54 Å². The van der Waals surface area contributed by atoms with Crippen molar-refractivity contribution in [2.24, 2.45) is 0 Å². The summed E-state index contributed by atoms with van der Waals surface area (Å²) in [5.74, 6) is -0.501. The first-order chi connectivity index (χ1) is 9.85. The SMILES string of the molecule is O=C(CC(F)(F)F)N1CCCC(Oc2ccncc2Cl)C1. The smallest absolute Gasteiger partial charge is 0.397 e. The second kappa shape index (κ2) is 6.51. The molecule has 1 saturated heterocycles. The van der Waals surface area contributed by atoms with Crippen LogP contribution in [0.3, 0.4) is 0 Å². The summed E-state index contributed by atoms with van der Waals surface area (Å²) in [6.07, 6.45) is -2.10. The third kappa shape index (κ3) is 4.77. The van der Waals surface area contributed by atoms with E-state index in [-0.39, 0.29) is 12.6 Å². The van der Waals surface area contributed by atoms with E-state index < -0.39 is 18.5 Å². The number of carbonyl (C=O) groups is 1. The molecule has 2 heterocycles. The van der Waals surface area contributed by atoms with E-state index in [9.17, 15) is 18.0 Å². The maximum absolute atomic E-state index is 12.3. The lowest BCUT2D eigenvalue weighted by Gasteiger charge is -2.33. The Morgan fingerprint density at radius 2 is 2.29 bits per heavy atom. The van der Waals surface area contributed by atoms with Crippen molar-refractivity contribution >= 4 is 17.5 Å². The van der Waals surface area contributed by atoms with Crippen molar-refractivity contribution in [3.63, 3.8) is 0 Å². The third-order valence-electron chi connectivity index (χ3n) is 3.11. The molecule has 1 aliphatic rings. The Labute approximate surface area is 124 Å². The summed E-state index contributed by atoms with van der Waals surface area (Å²) in [5, 5.41) is 0.330. The van der Waals surface area contributed by atoms with Gasteiger partial charge in [0.25, 0.3) is 0 Å². The Hall–Kier alpha value is -1.50. The van der Waals surface area contributed by atoms with Gasteiger partial charge in [-0.05, 0) is 12.8 Å². The molecule has 0 aromatic carbocycles. The fourth-order valence-electron chi connectivity index (χ4n) is 2.18. The van der Waals surface area contributed by atoms with E-state index in [1.54, 1.807) is 6.07 Å². The van der Waals surface area contributed by atoms with Gasteiger partial charge in [-0.15, -0.1) is 0 Å². The highest BCUT2D eigenvalue weighted by Crippen LogP contribution is 2.27. The topological polar surface area (TPSA) is 42.4 Å². The Kier molecular flexibility index (Phi) is 4.92.